The number of likely N-dealkylation sites (N-methyl/N-ethyl adjacent to an activating group) is 1. The van der Waals surface area contributed by atoms with Crippen molar-refractivity contribution in [1.82, 2.24) is 10.8 Å². The Labute approximate surface area is 102 Å². The number of carbonyl (C=O) groups is 2. The zero-order valence-electron chi connectivity index (χ0n) is 9.50. The van der Waals surface area contributed by atoms with Crippen LogP contribution in [0.2, 0.25) is 0 Å². The maximum atomic E-state index is 11.5. The van der Waals surface area contributed by atoms with Gasteiger partial charge in [0.15, 0.2) is 6.61 Å². The van der Waals surface area contributed by atoms with Crippen molar-refractivity contribution in [2.75, 3.05) is 13.7 Å². The normalized spacial score (nSPS) is 9.61. The summed E-state index contributed by atoms with van der Waals surface area (Å²) in [6.07, 6.45) is 0. The molecule has 0 saturated carbocycles. The first-order valence-electron chi connectivity index (χ1n) is 4.91. The first kappa shape index (κ1) is 13.6. The second-order valence-corrected chi connectivity index (χ2v) is 3.20. The molecule has 0 aliphatic rings. The van der Waals surface area contributed by atoms with Gasteiger partial charge in [0.05, 0.1) is 4.92 Å². The minimum Gasteiger partial charge on any atom is -0.357 e. The minimum absolute atomic E-state index is 0.113. The Balaban J connectivity index is 2.51. The third kappa shape index (κ3) is 3.83. The van der Waals surface area contributed by atoms with Crippen LogP contribution in [0.3, 0.4) is 0 Å². The van der Waals surface area contributed by atoms with E-state index in [2.05, 4.69) is 10.2 Å². The van der Waals surface area contributed by atoms with E-state index in [9.17, 15) is 19.7 Å². The Morgan fingerprint density at radius 1 is 1.33 bits per heavy atom. The van der Waals surface area contributed by atoms with Gasteiger partial charge in [-0.05, 0) is 12.1 Å². The number of nitro benzene ring substituents is 1. The van der Waals surface area contributed by atoms with Crippen molar-refractivity contribution in [2.24, 2.45) is 0 Å². The van der Waals surface area contributed by atoms with Gasteiger partial charge in [0.25, 0.3) is 11.6 Å². The van der Waals surface area contributed by atoms with Crippen molar-refractivity contribution in [3.05, 3.63) is 39.9 Å². The SMILES string of the molecule is CNC(=O)CONC(=O)c1ccc([N+](=O)[O-])cc1. The smallest absolute Gasteiger partial charge is 0.274 e. The van der Waals surface area contributed by atoms with Gasteiger partial charge in [-0.3, -0.25) is 24.5 Å². The maximum Gasteiger partial charge on any atom is 0.274 e. The number of hydrogen-bond donors (Lipinski definition) is 2. The summed E-state index contributed by atoms with van der Waals surface area (Å²) in [4.78, 5) is 36.7. The molecule has 0 aliphatic heterocycles. The molecule has 0 bridgehead atoms. The first-order valence-corrected chi connectivity index (χ1v) is 4.91. The van der Waals surface area contributed by atoms with Crippen molar-refractivity contribution < 1.29 is 19.3 Å². The van der Waals surface area contributed by atoms with E-state index in [1.807, 2.05) is 5.48 Å². The van der Waals surface area contributed by atoms with E-state index < -0.39 is 10.8 Å². The van der Waals surface area contributed by atoms with Gasteiger partial charge in [0.2, 0.25) is 5.91 Å². The van der Waals surface area contributed by atoms with Gasteiger partial charge >= 0.3 is 0 Å². The van der Waals surface area contributed by atoms with Crippen LogP contribution in [0, 0.1) is 10.1 Å². The number of benzene rings is 1. The molecule has 18 heavy (non-hydrogen) atoms. The number of hydroxylamine groups is 1. The van der Waals surface area contributed by atoms with Gasteiger partial charge < -0.3 is 5.32 Å². The third-order valence-corrected chi connectivity index (χ3v) is 1.99. The molecule has 8 nitrogen and oxygen atoms in total. The highest BCUT2D eigenvalue weighted by molar-refractivity contribution is 5.93. The number of carbonyl (C=O) groups excluding carboxylic acids is 2. The van der Waals surface area contributed by atoms with Gasteiger partial charge in [-0.25, -0.2) is 5.48 Å². The predicted molar refractivity (Wildman–Crippen MR) is 60.6 cm³/mol. The molecular weight excluding hydrogens is 242 g/mol. The molecule has 8 heteroatoms. The summed E-state index contributed by atoms with van der Waals surface area (Å²) >= 11 is 0. The van der Waals surface area contributed by atoms with Crippen molar-refractivity contribution in [3.63, 3.8) is 0 Å². The second-order valence-electron chi connectivity index (χ2n) is 3.20. The standard InChI is InChI=1S/C10H11N3O5/c1-11-9(14)6-18-12-10(15)7-2-4-8(5-3-7)13(16)17/h2-5H,6H2,1H3,(H,11,14)(H,12,15). The molecule has 0 aromatic heterocycles. The lowest BCUT2D eigenvalue weighted by molar-refractivity contribution is -0.384. The zero-order valence-corrected chi connectivity index (χ0v) is 9.50. The van der Waals surface area contributed by atoms with Crippen LogP contribution in [0.25, 0.3) is 0 Å². The lowest BCUT2D eigenvalue weighted by Gasteiger charge is -2.04. The van der Waals surface area contributed by atoms with Crippen LogP contribution in [0.1, 0.15) is 10.4 Å². The van der Waals surface area contributed by atoms with Crippen molar-refractivity contribution in [1.29, 1.82) is 0 Å². The average molecular weight is 253 g/mol. The van der Waals surface area contributed by atoms with Crippen LogP contribution >= 0.6 is 0 Å². The first-order chi connectivity index (χ1) is 8.54. The fraction of sp³-hybridized carbons (Fsp3) is 0.200. The van der Waals surface area contributed by atoms with Gasteiger partial charge in [-0.2, -0.15) is 0 Å². The molecule has 1 aromatic rings. The summed E-state index contributed by atoms with van der Waals surface area (Å²) in [7, 11) is 1.43. The Morgan fingerprint density at radius 3 is 2.44 bits per heavy atom. The number of rotatable bonds is 5. The molecule has 0 atom stereocenters. The third-order valence-electron chi connectivity index (χ3n) is 1.99. The molecule has 0 fully saturated rings. The van der Waals surface area contributed by atoms with Crippen LogP contribution in [0.4, 0.5) is 5.69 Å². The highest BCUT2D eigenvalue weighted by Crippen LogP contribution is 2.11. The Bertz CT molecular complexity index is 457. The highest BCUT2D eigenvalue weighted by atomic mass is 16.7. The summed E-state index contributed by atoms with van der Waals surface area (Å²) < 4.78 is 0. The molecule has 2 N–H and O–H groups in total. The summed E-state index contributed by atoms with van der Waals surface area (Å²) in [6, 6.07) is 4.98. The van der Waals surface area contributed by atoms with Crippen molar-refractivity contribution in [3.8, 4) is 0 Å². The topological polar surface area (TPSA) is 111 Å². The van der Waals surface area contributed by atoms with Crippen LogP contribution in [-0.4, -0.2) is 30.4 Å². The predicted octanol–water partition coefficient (Wildman–Crippen LogP) is 0.00220. The quantitative estimate of drug-likeness (QED) is 0.567. The lowest BCUT2D eigenvalue weighted by Crippen LogP contribution is -2.31. The summed E-state index contributed by atoms with van der Waals surface area (Å²) in [5.41, 5.74) is 2.12. The molecule has 0 radical (unpaired) electrons. The number of nitrogens with zero attached hydrogens (tertiary/aromatic N) is 1. The van der Waals surface area contributed by atoms with E-state index in [1.54, 1.807) is 0 Å². The van der Waals surface area contributed by atoms with E-state index in [0.29, 0.717) is 0 Å². The number of non-ortho nitro benzene ring substituents is 1. The number of nitro groups is 1. The fourth-order valence-corrected chi connectivity index (χ4v) is 1.03. The number of nitrogens with one attached hydrogen (secondary N) is 2. The Kier molecular flexibility index (Phi) is 4.76. The highest BCUT2D eigenvalue weighted by Gasteiger charge is 2.09. The lowest BCUT2D eigenvalue weighted by atomic mass is 10.2. The largest absolute Gasteiger partial charge is 0.357 e. The fourth-order valence-electron chi connectivity index (χ4n) is 1.03. The van der Waals surface area contributed by atoms with Gasteiger partial charge in [-0.1, -0.05) is 0 Å². The van der Waals surface area contributed by atoms with Crippen molar-refractivity contribution >= 4 is 17.5 Å². The van der Waals surface area contributed by atoms with E-state index in [1.165, 1.54) is 31.3 Å². The Hall–Kier alpha value is -2.48. The second kappa shape index (κ2) is 6.30. The number of hydrogen-bond acceptors (Lipinski definition) is 5. The maximum absolute atomic E-state index is 11.5. The van der Waals surface area contributed by atoms with Crippen LogP contribution < -0.4 is 10.8 Å². The molecule has 0 heterocycles. The Morgan fingerprint density at radius 2 is 1.94 bits per heavy atom. The zero-order chi connectivity index (χ0) is 13.5. The molecule has 0 spiro atoms. The molecule has 0 aliphatic carbocycles. The van der Waals surface area contributed by atoms with E-state index in [0.717, 1.165) is 0 Å². The van der Waals surface area contributed by atoms with Crippen molar-refractivity contribution in [2.45, 2.75) is 0 Å². The molecular formula is C10H11N3O5. The van der Waals surface area contributed by atoms with Crippen LogP contribution in [0.15, 0.2) is 24.3 Å². The molecule has 96 valence electrons. The molecule has 1 rings (SSSR count). The van der Waals surface area contributed by atoms with Gasteiger partial charge in [-0.15, -0.1) is 0 Å². The summed E-state index contributed by atoms with van der Waals surface area (Å²) in [6.45, 7) is -0.310. The molecule has 2 amide bonds. The molecule has 0 saturated heterocycles. The van der Waals surface area contributed by atoms with E-state index in [-0.39, 0.29) is 23.8 Å². The monoisotopic (exact) mass is 253 g/mol. The molecule has 0 unspecified atom stereocenters. The van der Waals surface area contributed by atoms with E-state index >= 15 is 0 Å². The summed E-state index contributed by atoms with van der Waals surface area (Å²) in [5.74, 6) is -0.979. The van der Waals surface area contributed by atoms with Crippen LogP contribution in [-0.2, 0) is 9.63 Å². The van der Waals surface area contributed by atoms with Crippen LogP contribution in [0.5, 0.6) is 0 Å². The molecule has 1 aromatic carbocycles. The average Bonchev–Trinajstić information content (AvgIpc) is 2.38. The number of amides is 2. The minimum atomic E-state index is -0.589. The van der Waals surface area contributed by atoms with Gasteiger partial charge in [0, 0.05) is 24.7 Å². The van der Waals surface area contributed by atoms with E-state index in [4.69, 9.17) is 0 Å². The van der Waals surface area contributed by atoms with Gasteiger partial charge in [0.1, 0.15) is 0 Å². The summed E-state index contributed by atoms with van der Waals surface area (Å²) in [5, 5.41) is 12.7.